The highest BCUT2D eigenvalue weighted by Crippen LogP contribution is 1.99. The second-order valence-corrected chi connectivity index (χ2v) is 2.96. The van der Waals surface area contributed by atoms with Gasteiger partial charge in [0.05, 0.1) is 11.1 Å². The summed E-state index contributed by atoms with van der Waals surface area (Å²) in [5, 5.41) is 0. The third-order valence-corrected chi connectivity index (χ3v) is 2.22. The number of alkyl halides is 1. The minimum Gasteiger partial charge on any atom is -0.291 e. The Balaban J connectivity index is 2.51. The van der Waals surface area contributed by atoms with E-state index in [0.29, 0.717) is 0 Å². The standard InChI is InChI=1S/C8H11BrN2/c1-11(7-9)6-8-4-2-3-5-10-8/h2-5H,6-7H2,1H3. The number of halogens is 1. The lowest BCUT2D eigenvalue weighted by molar-refractivity contribution is 0.384. The SMILES string of the molecule is CN(CBr)Cc1ccccn1. The van der Waals surface area contributed by atoms with Crippen molar-refractivity contribution < 1.29 is 0 Å². The van der Waals surface area contributed by atoms with E-state index in [1.165, 1.54) is 0 Å². The Hall–Kier alpha value is -0.410. The van der Waals surface area contributed by atoms with Crippen LogP contribution in [0.4, 0.5) is 0 Å². The normalized spacial score (nSPS) is 10.5. The predicted octanol–water partition coefficient (Wildman–Crippen LogP) is 1.87. The fourth-order valence-electron chi connectivity index (χ4n) is 0.810. The van der Waals surface area contributed by atoms with Crippen LogP contribution in [0.3, 0.4) is 0 Å². The average Bonchev–Trinajstić information content (AvgIpc) is 2.06. The van der Waals surface area contributed by atoms with Crippen LogP contribution in [0.25, 0.3) is 0 Å². The van der Waals surface area contributed by atoms with Crippen LogP contribution in [0.1, 0.15) is 5.69 Å². The highest BCUT2D eigenvalue weighted by atomic mass is 79.9. The Morgan fingerprint density at radius 1 is 1.55 bits per heavy atom. The molecule has 0 aliphatic rings. The van der Waals surface area contributed by atoms with Gasteiger partial charge in [0.25, 0.3) is 0 Å². The van der Waals surface area contributed by atoms with E-state index in [1.54, 1.807) is 0 Å². The zero-order valence-electron chi connectivity index (χ0n) is 6.50. The maximum atomic E-state index is 4.20. The van der Waals surface area contributed by atoms with Crippen LogP contribution < -0.4 is 0 Å². The van der Waals surface area contributed by atoms with Crippen molar-refractivity contribution in [2.75, 3.05) is 12.5 Å². The van der Waals surface area contributed by atoms with Gasteiger partial charge in [-0.25, -0.2) is 0 Å². The van der Waals surface area contributed by atoms with Crippen molar-refractivity contribution in [2.45, 2.75) is 6.54 Å². The minimum atomic E-state index is 0.879. The molecule has 0 aliphatic heterocycles. The van der Waals surface area contributed by atoms with Gasteiger partial charge in [-0.3, -0.25) is 9.88 Å². The Morgan fingerprint density at radius 2 is 2.36 bits per heavy atom. The molecule has 0 atom stereocenters. The van der Waals surface area contributed by atoms with Gasteiger partial charge in [-0.05, 0) is 19.2 Å². The highest BCUT2D eigenvalue weighted by molar-refractivity contribution is 9.09. The Bertz CT molecular complexity index is 201. The number of pyridine rings is 1. The molecule has 0 unspecified atom stereocenters. The van der Waals surface area contributed by atoms with Crippen molar-refractivity contribution in [3.8, 4) is 0 Å². The van der Waals surface area contributed by atoms with Crippen molar-refractivity contribution in [3.05, 3.63) is 30.1 Å². The van der Waals surface area contributed by atoms with Gasteiger partial charge >= 0.3 is 0 Å². The van der Waals surface area contributed by atoms with Gasteiger partial charge in [-0.1, -0.05) is 22.0 Å². The zero-order valence-corrected chi connectivity index (χ0v) is 8.08. The van der Waals surface area contributed by atoms with Crippen LogP contribution in [0, 0.1) is 0 Å². The molecule has 3 heteroatoms. The number of hydrogen-bond donors (Lipinski definition) is 0. The molecule has 1 aromatic heterocycles. The molecule has 0 amide bonds. The number of aromatic nitrogens is 1. The summed E-state index contributed by atoms with van der Waals surface area (Å²) in [4.78, 5) is 6.35. The Labute approximate surface area is 75.4 Å². The zero-order chi connectivity index (χ0) is 8.10. The fraction of sp³-hybridized carbons (Fsp3) is 0.375. The quantitative estimate of drug-likeness (QED) is 0.565. The van der Waals surface area contributed by atoms with Crippen LogP contribution in [0.15, 0.2) is 24.4 Å². The lowest BCUT2D eigenvalue weighted by atomic mass is 10.3. The van der Waals surface area contributed by atoms with Crippen LogP contribution >= 0.6 is 15.9 Å². The smallest absolute Gasteiger partial charge is 0.0544 e. The van der Waals surface area contributed by atoms with E-state index in [9.17, 15) is 0 Å². The second kappa shape index (κ2) is 4.46. The van der Waals surface area contributed by atoms with E-state index < -0.39 is 0 Å². The van der Waals surface area contributed by atoms with Gasteiger partial charge in [0.1, 0.15) is 0 Å². The number of rotatable bonds is 3. The fourth-order valence-corrected chi connectivity index (χ4v) is 0.988. The lowest BCUT2D eigenvalue weighted by Crippen LogP contribution is -2.15. The van der Waals surface area contributed by atoms with Crippen molar-refractivity contribution in [1.82, 2.24) is 9.88 Å². The molecule has 1 aromatic rings. The molecule has 0 saturated carbocycles. The Morgan fingerprint density at radius 3 is 2.91 bits per heavy atom. The molecule has 0 saturated heterocycles. The molecule has 0 radical (unpaired) electrons. The molecule has 0 N–H and O–H groups in total. The minimum absolute atomic E-state index is 0.879. The van der Waals surface area contributed by atoms with Crippen molar-refractivity contribution in [1.29, 1.82) is 0 Å². The molecule has 0 bridgehead atoms. The topological polar surface area (TPSA) is 16.1 Å². The van der Waals surface area contributed by atoms with Crippen LogP contribution in [-0.2, 0) is 6.54 Å². The summed E-state index contributed by atoms with van der Waals surface area (Å²) in [6.45, 7) is 0.895. The largest absolute Gasteiger partial charge is 0.291 e. The average molecular weight is 215 g/mol. The lowest BCUT2D eigenvalue weighted by Gasteiger charge is -2.10. The number of nitrogens with zero attached hydrogens (tertiary/aromatic N) is 2. The molecule has 0 aliphatic carbocycles. The van der Waals surface area contributed by atoms with E-state index in [2.05, 4.69) is 25.8 Å². The number of hydrogen-bond acceptors (Lipinski definition) is 2. The third kappa shape index (κ3) is 2.99. The van der Waals surface area contributed by atoms with E-state index in [-0.39, 0.29) is 0 Å². The van der Waals surface area contributed by atoms with Crippen LogP contribution in [-0.4, -0.2) is 22.4 Å². The molecule has 11 heavy (non-hydrogen) atoms. The van der Waals surface area contributed by atoms with Crippen LogP contribution in [0.2, 0.25) is 0 Å². The first kappa shape index (κ1) is 8.68. The monoisotopic (exact) mass is 214 g/mol. The summed E-state index contributed by atoms with van der Waals surface area (Å²) in [6.07, 6.45) is 1.82. The van der Waals surface area contributed by atoms with Crippen molar-refractivity contribution >= 4 is 15.9 Å². The van der Waals surface area contributed by atoms with Crippen LogP contribution in [0.5, 0.6) is 0 Å². The predicted molar refractivity (Wildman–Crippen MR) is 49.5 cm³/mol. The van der Waals surface area contributed by atoms with Gasteiger partial charge in [0.2, 0.25) is 0 Å². The molecule has 1 heterocycles. The van der Waals surface area contributed by atoms with Crippen molar-refractivity contribution in [2.24, 2.45) is 0 Å². The summed E-state index contributed by atoms with van der Waals surface area (Å²) in [6, 6.07) is 5.96. The van der Waals surface area contributed by atoms with E-state index in [0.717, 1.165) is 17.7 Å². The van der Waals surface area contributed by atoms with Gasteiger partial charge in [-0.2, -0.15) is 0 Å². The second-order valence-electron chi connectivity index (χ2n) is 2.45. The molecule has 1 rings (SSSR count). The molecule has 0 spiro atoms. The first-order valence-corrected chi connectivity index (χ1v) is 4.59. The van der Waals surface area contributed by atoms with Gasteiger partial charge in [0.15, 0.2) is 0 Å². The van der Waals surface area contributed by atoms with E-state index in [4.69, 9.17) is 0 Å². The molecule has 0 aromatic carbocycles. The Kier molecular flexibility index (Phi) is 3.52. The highest BCUT2D eigenvalue weighted by Gasteiger charge is 1.96. The van der Waals surface area contributed by atoms with Crippen molar-refractivity contribution in [3.63, 3.8) is 0 Å². The molecule has 2 nitrogen and oxygen atoms in total. The maximum absolute atomic E-state index is 4.20. The van der Waals surface area contributed by atoms with E-state index >= 15 is 0 Å². The van der Waals surface area contributed by atoms with Gasteiger partial charge < -0.3 is 0 Å². The van der Waals surface area contributed by atoms with Gasteiger partial charge in [0, 0.05) is 12.7 Å². The first-order valence-electron chi connectivity index (χ1n) is 3.47. The van der Waals surface area contributed by atoms with Gasteiger partial charge in [-0.15, -0.1) is 0 Å². The summed E-state index contributed by atoms with van der Waals surface area (Å²) in [5.74, 6) is 0. The third-order valence-electron chi connectivity index (χ3n) is 1.36. The first-order chi connectivity index (χ1) is 5.33. The molecular formula is C8H11BrN2. The maximum Gasteiger partial charge on any atom is 0.0544 e. The summed E-state index contributed by atoms with van der Waals surface area (Å²) in [5.41, 5.74) is 1.98. The summed E-state index contributed by atoms with van der Waals surface area (Å²) in [7, 11) is 2.05. The summed E-state index contributed by atoms with van der Waals surface area (Å²) < 4.78 is 0. The van der Waals surface area contributed by atoms with E-state index in [1.807, 2.05) is 31.4 Å². The molecular weight excluding hydrogens is 204 g/mol. The molecule has 60 valence electrons. The summed E-state index contributed by atoms with van der Waals surface area (Å²) >= 11 is 3.37. The molecule has 0 fully saturated rings.